The Bertz CT molecular complexity index is 169. The first-order chi connectivity index (χ1) is 5.62. The summed E-state index contributed by atoms with van der Waals surface area (Å²) in [5.74, 6) is 0. The summed E-state index contributed by atoms with van der Waals surface area (Å²) >= 11 is 0. The summed E-state index contributed by atoms with van der Waals surface area (Å²) in [5, 5.41) is 0. The molecule has 0 spiro atoms. The van der Waals surface area contributed by atoms with Gasteiger partial charge in [0.1, 0.15) is 0 Å². The zero-order valence-electron chi connectivity index (χ0n) is 9.40. The highest BCUT2D eigenvalue weighted by Gasteiger charge is 1.79. The molecule has 6 radical (unpaired) electrons. The van der Waals surface area contributed by atoms with Gasteiger partial charge < -0.3 is 0 Å². The van der Waals surface area contributed by atoms with Gasteiger partial charge in [-0.3, -0.25) is 9.98 Å². The van der Waals surface area contributed by atoms with E-state index in [1.54, 1.807) is 19.2 Å². The standard InChI is InChI=1S/2C5H9N.2B/c2*1-4-5(2)6-3;;/h4H,1H2,2-3H3;4-5H,1,3H2,2H3;;. The van der Waals surface area contributed by atoms with Crippen LogP contribution in [-0.4, -0.2) is 42.3 Å². The lowest BCUT2D eigenvalue weighted by atomic mass is 10.4. The van der Waals surface area contributed by atoms with E-state index in [9.17, 15) is 0 Å². The van der Waals surface area contributed by atoms with Gasteiger partial charge in [-0.25, -0.2) is 0 Å². The lowest BCUT2D eigenvalue weighted by Crippen LogP contribution is -1.85. The number of aliphatic imine (C=N–C) groups is 2. The van der Waals surface area contributed by atoms with Crippen LogP contribution in [0.5, 0.6) is 0 Å². The molecule has 0 bridgehead atoms. The molecular weight excluding hydrogens is 170 g/mol. The van der Waals surface area contributed by atoms with Gasteiger partial charge in [0, 0.05) is 29.6 Å². The minimum atomic E-state index is 0. The van der Waals surface area contributed by atoms with E-state index in [4.69, 9.17) is 0 Å². The van der Waals surface area contributed by atoms with Crippen molar-refractivity contribution in [2.24, 2.45) is 9.98 Å². The van der Waals surface area contributed by atoms with Crippen LogP contribution in [0, 0.1) is 0 Å². The lowest BCUT2D eigenvalue weighted by molar-refractivity contribution is 0.940. The highest BCUT2D eigenvalue weighted by atomic mass is 14.7. The van der Waals surface area contributed by atoms with Gasteiger partial charge >= 0.3 is 0 Å². The van der Waals surface area contributed by atoms with E-state index >= 15 is 0 Å². The van der Waals surface area contributed by atoms with Crippen LogP contribution in [0.3, 0.4) is 0 Å². The van der Waals surface area contributed by atoms with Crippen molar-refractivity contribution in [3.05, 3.63) is 25.3 Å². The van der Waals surface area contributed by atoms with Crippen LogP contribution in [0.1, 0.15) is 13.8 Å². The van der Waals surface area contributed by atoms with Crippen molar-refractivity contribution in [2.45, 2.75) is 19.9 Å². The van der Waals surface area contributed by atoms with Crippen molar-refractivity contribution < 1.29 is 0 Å². The molecule has 0 aromatic heterocycles. The molecule has 0 aromatic rings. The summed E-state index contributed by atoms with van der Waals surface area (Å²) in [5.41, 5.74) is 0.981. The fourth-order valence-electron chi connectivity index (χ4n) is 0.166. The smallest absolute Gasteiger partial charge is 0.0641 e. The third-order valence-electron chi connectivity index (χ3n) is 1.28. The number of hydrogen-bond acceptors (Lipinski definition) is 2. The first-order valence-corrected chi connectivity index (χ1v) is 3.76. The molecule has 0 N–H and O–H groups in total. The second kappa shape index (κ2) is 17.9. The van der Waals surface area contributed by atoms with Crippen LogP contribution in [0.2, 0.25) is 0 Å². The molecule has 0 rings (SSSR count). The van der Waals surface area contributed by atoms with Gasteiger partial charge in [-0.2, -0.15) is 0 Å². The Hall–Kier alpha value is -1.05. The average molecular weight is 188 g/mol. The average Bonchev–Trinajstić information content (AvgIpc) is 2.16. The zero-order valence-corrected chi connectivity index (χ0v) is 9.40. The summed E-state index contributed by atoms with van der Waals surface area (Å²) in [6.07, 6.45) is 3.47. The molecule has 0 saturated heterocycles. The molecule has 0 aliphatic rings. The van der Waals surface area contributed by atoms with Crippen LogP contribution in [0.25, 0.3) is 0 Å². The van der Waals surface area contributed by atoms with Crippen molar-refractivity contribution >= 4 is 29.3 Å². The van der Waals surface area contributed by atoms with E-state index in [-0.39, 0.29) is 22.9 Å². The molecule has 14 heavy (non-hydrogen) atoms. The second-order valence-electron chi connectivity index (χ2n) is 2.23. The Morgan fingerprint density at radius 3 is 1.71 bits per heavy atom. The molecule has 1 unspecified atom stereocenters. The normalized spacial score (nSPS) is 10.4. The summed E-state index contributed by atoms with van der Waals surface area (Å²) in [6, 6.07) is 0.213. The summed E-state index contributed by atoms with van der Waals surface area (Å²) in [7, 11) is 1.75. The summed E-state index contributed by atoms with van der Waals surface area (Å²) < 4.78 is 0. The minimum Gasteiger partial charge on any atom is -0.294 e. The zero-order chi connectivity index (χ0) is 9.98. The number of hydrogen-bond donors (Lipinski definition) is 0. The maximum atomic E-state index is 3.81. The molecule has 1 atom stereocenters. The van der Waals surface area contributed by atoms with E-state index in [0.717, 1.165) is 5.71 Å². The van der Waals surface area contributed by atoms with Gasteiger partial charge in [-0.15, -0.1) is 6.58 Å². The number of allylic oxidation sites excluding steroid dienone is 1. The van der Waals surface area contributed by atoms with Crippen LogP contribution >= 0.6 is 0 Å². The van der Waals surface area contributed by atoms with Crippen molar-refractivity contribution in [2.75, 3.05) is 7.05 Å². The maximum absolute atomic E-state index is 3.81. The van der Waals surface area contributed by atoms with Gasteiger partial charge in [-0.1, -0.05) is 12.7 Å². The Balaban J connectivity index is -0.0000000625. The lowest BCUT2D eigenvalue weighted by Gasteiger charge is -1.88. The molecular formula is C10H18B2N2. The van der Waals surface area contributed by atoms with E-state index < -0.39 is 0 Å². The molecule has 0 amide bonds. The number of rotatable bonds is 3. The third-order valence-corrected chi connectivity index (χ3v) is 1.28. The van der Waals surface area contributed by atoms with Gasteiger partial charge in [0.15, 0.2) is 0 Å². The van der Waals surface area contributed by atoms with Crippen LogP contribution in [-0.2, 0) is 0 Å². The van der Waals surface area contributed by atoms with Crippen molar-refractivity contribution in [3.63, 3.8) is 0 Å². The van der Waals surface area contributed by atoms with E-state index in [1.165, 1.54) is 0 Å². The van der Waals surface area contributed by atoms with Gasteiger partial charge in [0.05, 0.1) is 6.04 Å². The highest BCUT2D eigenvalue weighted by molar-refractivity contribution is 5.91. The molecule has 0 aliphatic carbocycles. The molecule has 0 aliphatic heterocycles. The van der Waals surface area contributed by atoms with Crippen LogP contribution in [0.15, 0.2) is 35.3 Å². The van der Waals surface area contributed by atoms with Crippen molar-refractivity contribution in [3.8, 4) is 0 Å². The quantitative estimate of drug-likeness (QED) is 0.366. The number of nitrogens with zero attached hydrogens (tertiary/aromatic N) is 2. The fourth-order valence-corrected chi connectivity index (χ4v) is 0.166. The van der Waals surface area contributed by atoms with Crippen LogP contribution in [0.4, 0.5) is 0 Å². The van der Waals surface area contributed by atoms with E-state index in [1.807, 2.05) is 13.8 Å². The molecule has 0 saturated carbocycles. The van der Waals surface area contributed by atoms with Crippen LogP contribution < -0.4 is 0 Å². The first-order valence-electron chi connectivity index (χ1n) is 3.76. The molecule has 0 heterocycles. The summed E-state index contributed by atoms with van der Waals surface area (Å²) in [6.45, 7) is 14.1. The Kier molecular flexibility index (Phi) is 29.5. The first kappa shape index (κ1) is 23.1. The highest BCUT2D eigenvalue weighted by Crippen LogP contribution is 1.83. The van der Waals surface area contributed by atoms with Gasteiger partial charge in [-0.05, 0) is 26.6 Å². The fraction of sp³-hybridized carbons (Fsp3) is 0.400. The molecule has 0 aromatic carbocycles. The predicted octanol–water partition coefficient (Wildman–Crippen LogP) is 1.76. The Labute approximate surface area is 92.1 Å². The maximum Gasteiger partial charge on any atom is 0.0641 e. The molecule has 0 fully saturated rings. The van der Waals surface area contributed by atoms with E-state index in [0.29, 0.717) is 0 Å². The monoisotopic (exact) mass is 188 g/mol. The third kappa shape index (κ3) is 22.4. The predicted molar refractivity (Wildman–Crippen MR) is 69.9 cm³/mol. The van der Waals surface area contributed by atoms with Gasteiger partial charge in [0.2, 0.25) is 0 Å². The van der Waals surface area contributed by atoms with Crippen molar-refractivity contribution in [1.82, 2.24) is 0 Å². The minimum absolute atomic E-state index is 0. The Morgan fingerprint density at radius 2 is 1.71 bits per heavy atom. The molecule has 2 nitrogen and oxygen atoms in total. The second-order valence-corrected chi connectivity index (χ2v) is 2.23. The molecule has 4 heteroatoms. The largest absolute Gasteiger partial charge is 0.294 e. The van der Waals surface area contributed by atoms with E-state index in [2.05, 4.69) is 29.9 Å². The summed E-state index contributed by atoms with van der Waals surface area (Å²) in [4.78, 5) is 7.44. The molecule has 74 valence electrons. The van der Waals surface area contributed by atoms with Gasteiger partial charge in [0.25, 0.3) is 0 Å². The van der Waals surface area contributed by atoms with Crippen molar-refractivity contribution in [1.29, 1.82) is 0 Å². The SMILES string of the molecule is C=CC(C)=NC.C=CC(C)N=C.[B].[B]. The topological polar surface area (TPSA) is 24.7 Å². The Morgan fingerprint density at radius 1 is 1.29 bits per heavy atom.